The summed E-state index contributed by atoms with van der Waals surface area (Å²) in [6.45, 7) is 7.44. The number of hydrogen-bond donors (Lipinski definition) is 1. The first-order valence-corrected chi connectivity index (χ1v) is 9.91. The summed E-state index contributed by atoms with van der Waals surface area (Å²) in [4.78, 5) is 6.53. The Morgan fingerprint density at radius 3 is 2.71 bits per heavy atom. The van der Waals surface area contributed by atoms with Crippen LogP contribution < -0.4 is 5.32 Å². The van der Waals surface area contributed by atoms with Crippen molar-refractivity contribution in [2.75, 3.05) is 31.9 Å². The van der Waals surface area contributed by atoms with E-state index in [0.29, 0.717) is 44.1 Å². The molecule has 0 amide bonds. The van der Waals surface area contributed by atoms with Crippen molar-refractivity contribution in [3.63, 3.8) is 0 Å². The Morgan fingerprint density at radius 2 is 2.08 bits per heavy atom. The highest BCUT2D eigenvalue weighted by Gasteiger charge is 2.40. The largest absolute Gasteiger partial charge is 0.357 e. The molecule has 1 saturated heterocycles. The number of rotatable bonds is 4. The molecule has 0 atom stereocenters. The minimum absolute atomic E-state index is 0.123. The maximum Gasteiger partial charge on any atom is 0.194 e. The molecule has 134 valence electrons. The van der Waals surface area contributed by atoms with E-state index in [1.807, 2.05) is 17.9 Å². The van der Waals surface area contributed by atoms with Gasteiger partial charge >= 0.3 is 0 Å². The SMILES string of the molecule is CCNC(=NCCc1ccccc1F)N1CCS(=O)(=O)C(C)(C)C1. The van der Waals surface area contributed by atoms with Crippen molar-refractivity contribution in [1.29, 1.82) is 0 Å². The quantitative estimate of drug-likeness (QED) is 0.661. The van der Waals surface area contributed by atoms with E-state index in [9.17, 15) is 12.8 Å². The van der Waals surface area contributed by atoms with Crippen LogP contribution >= 0.6 is 0 Å². The van der Waals surface area contributed by atoms with E-state index in [4.69, 9.17) is 0 Å². The van der Waals surface area contributed by atoms with Gasteiger partial charge in [-0.05, 0) is 38.8 Å². The molecule has 1 aromatic rings. The molecule has 2 rings (SSSR count). The minimum atomic E-state index is -3.09. The molecule has 0 radical (unpaired) electrons. The van der Waals surface area contributed by atoms with Crippen LogP contribution in [0.3, 0.4) is 0 Å². The van der Waals surface area contributed by atoms with Crippen molar-refractivity contribution < 1.29 is 12.8 Å². The van der Waals surface area contributed by atoms with Gasteiger partial charge in [-0.25, -0.2) is 12.8 Å². The number of hydrogen-bond acceptors (Lipinski definition) is 3. The van der Waals surface area contributed by atoms with Crippen molar-refractivity contribution in [3.05, 3.63) is 35.6 Å². The van der Waals surface area contributed by atoms with Crippen LogP contribution in [0.5, 0.6) is 0 Å². The smallest absolute Gasteiger partial charge is 0.194 e. The number of aliphatic imine (C=N–C) groups is 1. The van der Waals surface area contributed by atoms with Crippen LogP contribution in [-0.4, -0.2) is 56.0 Å². The van der Waals surface area contributed by atoms with Crippen LogP contribution in [-0.2, 0) is 16.3 Å². The summed E-state index contributed by atoms with van der Waals surface area (Å²) in [6.07, 6.45) is 0.511. The Kier molecular flexibility index (Phi) is 5.85. The molecule has 1 aromatic carbocycles. The number of benzene rings is 1. The summed E-state index contributed by atoms with van der Waals surface area (Å²) in [5, 5.41) is 3.21. The van der Waals surface area contributed by atoms with Crippen LogP contribution in [0.4, 0.5) is 4.39 Å². The van der Waals surface area contributed by atoms with E-state index in [-0.39, 0.29) is 11.6 Å². The monoisotopic (exact) mass is 355 g/mol. The van der Waals surface area contributed by atoms with Crippen molar-refractivity contribution in [1.82, 2.24) is 10.2 Å². The van der Waals surface area contributed by atoms with Gasteiger partial charge in [0.25, 0.3) is 0 Å². The Bertz CT molecular complexity index is 702. The molecular formula is C17H26FN3O2S. The second-order valence-corrected chi connectivity index (χ2v) is 9.32. The molecule has 0 unspecified atom stereocenters. The van der Waals surface area contributed by atoms with Gasteiger partial charge in [0.15, 0.2) is 15.8 Å². The second-order valence-electron chi connectivity index (χ2n) is 6.58. The van der Waals surface area contributed by atoms with Crippen molar-refractivity contribution in [2.24, 2.45) is 4.99 Å². The highest BCUT2D eigenvalue weighted by Crippen LogP contribution is 2.23. The summed E-state index contributed by atoms with van der Waals surface area (Å²) in [5.41, 5.74) is 0.638. The van der Waals surface area contributed by atoms with Crippen molar-refractivity contribution >= 4 is 15.8 Å². The van der Waals surface area contributed by atoms with Gasteiger partial charge in [-0.1, -0.05) is 18.2 Å². The van der Waals surface area contributed by atoms with Gasteiger partial charge in [-0.3, -0.25) is 4.99 Å². The van der Waals surface area contributed by atoms with E-state index in [1.54, 1.807) is 26.0 Å². The lowest BCUT2D eigenvalue weighted by Gasteiger charge is -2.39. The van der Waals surface area contributed by atoms with Gasteiger partial charge in [-0.15, -0.1) is 0 Å². The van der Waals surface area contributed by atoms with Crippen molar-refractivity contribution in [3.8, 4) is 0 Å². The first-order valence-electron chi connectivity index (χ1n) is 8.26. The predicted molar refractivity (Wildman–Crippen MR) is 95.5 cm³/mol. The zero-order chi connectivity index (χ0) is 17.8. The van der Waals surface area contributed by atoms with Crippen LogP contribution in [0, 0.1) is 5.82 Å². The molecule has 1 heterocycles. The molecule has 0 bridgehead atoms. The molecule has 0 aromatic heterocycles. The summed E-state index contributed by atoms with van der Waals surface area (Å²) in [6, 6.07) is 6.68. The van der Waals surface area contributed by atoms with E-state index >= 15 is 0 Å². The number of guanidine groups is 1. The fraction of sp³-hybridized carbons (Fsp3) is 0.588. The predicted octanol–water partition coefficient (Wildman–Crippen LogP) is 1.84. The topological polar surface area (TPSA) is 61.8 Å². The highest BCUT2D eigenvalue weighted by atomic mass is 32.2. The summed E-state index contributed by atoms with van der Waals surface area (Å²) in [5.74, 6) is 0.595. The van der Waals surface area contributed by atoms with Gasteiger partial charge in [-0.2, -0.15) is 0 Å². The van der Waals surface area contributed by atoms with E-state index in [2.05, 4.69) is 10.3 Å². The van der Waals surface area contributed by atoms with E-state index < -0.39 is 14.6 Å². The van der Waals surface area contributed by atoms with Crippen LogP contribution in [0.1, 0.15) is 26.3 Å². The zero-order valence-corrected chi connectivity index (χ0v) is 15.4. The molecule has 7 heteroatoms. The number of halogens is 1. The van der Waals surface area contributed by atoms with E-state index in [1.165, 1.54) is 6.07 Å². The van der Waals surface area contributed by atoms with E-state index in [0.717, 1.165) is 0 Å². The normalized spacial score (nSPS) is 20.0. The number of sulfone groups is 1. The lowest BCUT2D eigenvalue weighted by molar-refractivity contribution is 0.353. The molecule has 0 saturated carbocycles. The summed E-state index contributed by atoms with van der Waals surface area (Å²) in [7, 11) is -3.09. The summed E-state index contributed by atoms with van der Waals surface area (Å²) < 4.78 is 37.1. The van der Waals surface area contributed by atoms with Crippen LogP contribution in [0.25, 0.3) is 0 Å². The molecule has 24 heavy (non-hydrogen) atoms. The number of nitrogens with one attached hydrogen (secondary N) is 1. The third kappa shape index (κ3) is 4.26. The molecule has 1 fully saturated rings. The van der Waals surface area contributed by atoms with Crippen LogP contribution in [0.2, 0.25) is 0 Å². The lowest BCUT2D eigenvalue weighted by atomic mass is 10.1. The molecule has 0 spiro atoms. The molecular weight excluding hydrogens is 329 g/mol. The highest BCUT2D eigenvalue weighted by molar-refractivity contribution is 7.92. The van der Waals surface area contributed by atoms with Crippen molar-refractivity contribution in [2.45, 2.75) is 31.9 Å². The fourth-order valence-corrected chi connectivity index (χ4v) is 4.10. The minimum Gasteiger partial charge on any atom is -0.357 e. The van der Waals surface area contributed by atoms with Gasteiger partial charge in [0.2, 0.25) is 0 Å². The fourth-order valence-electron chi connectivity index (χ4n) is 2.73. The first-order chi connectivity index (χ1) is 11.3. The standard InChI is InChI=1S/C17H26FN3O2S/c1-4-19-16(20-10-9-14-7-5-6-8-15(14)18)21-11-12-24(22,23)17(2,3)13-21/h5-8H,4,9-13H2,1-3H3,(H,19,20). The zero-order valence-electron chi connectivity index (χ0n) is 14.5. The third-order valence-electron chi connectivity index (χ3n) is 4.28. The number of nitrogens with zero attached hydrogens (tertiary/aromatic N) is 2. The summed E-state index contributed by atoms with van der Waals surface area (Å²) >= 11 is 0. The molecule has 1 N–H and O–H groups in total. The average Bonchev–Trinajstić information content (AvgIpc) is 2.51. The van der Waals surface area contributed by atoms with Gasteiger partial charge < -0.3 is 10.2 Å². The molecule has 1 aliphatic heterocycles. The lowest BCUT2D eigenvalue weighted by Crippen LogP contribution is -2.57. The Labute approximate surface area is 143 Å². The van der Waals surface area contributed by atoms with Crippen LogP contribution in [0.15, 0.2) is 29.3 Å². The van der Waals surface area contributed by atoms with Gasteiger partial charge in [0, 0.05) is 26.2 Å². The molecule has 5 nitrogen and oxygen atoms in total. The maximum atomic E-state index is 13.7. The molecule has 1 aliphatic rings. The Morgan fingerprint density at radius 1 is 1.38 bits per heavy atom. The van der Waals surface area contributed by atoms with Gasteiger partial charge in [0.05, 0.1) is 10.5 Å². The maximum absolute atomic E-state index is 13.7. The first kappa shape index (κ1) is 18.7. The Balaban J connectivity index is 2.07. The third-order valence-corrected chi connectivity index (χ3v) is 6.81. The Hall–Kier alpha value is -1.63. The average molecular weight is 355 g/mol. The second kappa shape index (κ2) is 7.51. The molecule has 0 aliphatic carbocycles. The van der Waals surface area contributed by atoms with Gasteiger partial charge in [0.1, 0.15) is 5.82 Å².